The second-order valence-corrected chi connectivity index (χ2v) is 10.9. The zero-order valence-corrected chi connectivity index (χ0v) is 20.2. The molecule has 4 aromatic rings. The van der Waals surface area contributed by atoms with Gasteiger partial charge in [0.2, 0.25) is 0 Å². The second kappa shape index (κ2) is 6.72. The Morgan fingerprint density at radius 3 is 2.39 bits per heavy atom. The van der Waals surface area contributed by atoms with Gasteiger partial charge in [0.25, 0.3) is 0 Å². The quantitative estimate of drug-likeness (QED) is 0.339. The number of nitrogens with zero attached hydrogens (tertiary/aromatic N) is 3. The summed E-state index contributed by atoms with van der Waals surface area (Å²) in [4.78, 5) is 14.9. The molecule has 0 N–H and O–H groups in total. The van der Waals surface area contributed by atoms with Crippen molar-refractivity contribution in [1.82, 2.24) is 15.0 Å². The van der Waals surface area contributed by atoms with Crippen molar-refractivity contribution in [3.8, 4) is 22.6 Å². The predicted molar refractivity (Wildman–Crippen MR) is 135 cm³/mol. The van der Waals surface area contributed by atoms with Crippen LogP contribution in [0.3, 0.4) is 0 Å². The van der Waals surface area contributed by atoms with Crippen LogP contribution in [0, 0.1) is 11.3 Å². The molecule has 6 rings (SSSR count). The minimum atomic E-state index is 0.0811. The number of hydrogen-bond acceptors (Lipinski definition) is 3. The predicted octanol–water partition coefficient (Wildman–Crippen LogP) is 7.34. The number of hydrogen-bond donors (Lipinski definition) is 0. The molecule has 166 valence electrons. The first-order chi connectivity index (χ1) is 15.8. The van der Waals surface area contributed by atoms with Crippen LogP contribution in [0.4, 0.5) is 0 Å². The number of pyridine rings is 1. The Bertz CT molecular complexity index is 1400. The Kier molecular flexibility index (Phi) is 4.18. The molecule has 3 heteroatoms. The highest BCUT2D eigenvalue weighted by molar-refractivity contribution is 5.94. The first-order valence-corrected chi connectivity index (χ1v) is 12.1. The smallest absolute Gasteiger partial charge is 0.159 e. The highest BCUT2D eigenvalue weighted by Crippen LogP contribution is 2.72. The molecule has 2 aromatic heterocycles. The molecule has 0 radical (unpaired) electrons. The van der Waals surface area contributed by atoms with Crippen molar-refractivity contribution in [2.24, 2.45) is 11.3 Å². The van der Waals surface area contributed by atoms with E-state index in [9.17, 15) is 0 Å². The Hall–Kier alpha value is -3.07. The van der Waals surface area contributed by atoms with Crippen LogP contribution in [0.2, 0.25) is 0 Å². The van der Waals surface area contributed by atoms with Gasteiger partial charge in [-0.05, 0) is 47.3 Å². The van der Waals surface area contributed by atoms with E-state index in [0.717, 1.165) is 28.0 Å². The normalized spacial score (nSPS) is 27.9. The molecule has 3 unspecified atom stereocenters. The summed E-state index contributed by atoms with van der Waals surface area (Å²) in [6.45, 7) is 12.1. The van der Waals surface area contributed by atoms with Gasteiger partial charge in [-0.25, -0.2) is 9.97 Å². The molecule has 2 aliphatic rings. The summed E-state index contributed by atoms with van der Waals surface area (Å²) in [7, 11) is 0. The van der Waals surface area contributed by atoms with Gasteiger partial charge in [0, 0.05) is 39.7 Å². The van der Waals surface area contributed by atoms with Crippen LogP contribution in [0.15, 0.2) is 67.0 Å². The monoisotopic (exact) mass is 433 g/mol. The molecule has 0 spiro atoms. The largest absolute Gasteiger partial charge is 0.256 e. The van der Waals surface area contributed by atoms with Gasteiger partial charge in [-0.2, -0.15) is 0 Å². The Morgan fingerprint density at radius 2 is 1.58 bits per heavy atom. The summed E-state index contributed by atoms with van der Waals surface area (Å²) in [5.74, 6) is 1.40. The lowest BCUT2D eigenvalue weighted by Gasteiger charge is -2.46. The summed E-state index contributed by atoms with van der Waals surface area (Å²) in [6.07, 6.45) is 6.44. The lowest BCUT2D eigenvalue weighted by molar-refractivity contribution is 0.0766. The van der Waals surface area contributed by atoms with Crippen molar-refractivity contribution in [2.45, 2.75) is 58.3 Å². The number of fused-ring (bicyclic) bond motifs is 6. The molecular weight excluding hydrogens is 402 g/mol. The zero-order chi connectivity index (χ0) is 23.0. The molecule has 33 heavy (non-hydrogen) atoms. The van der Waals surface area contributed by atoms with Crippen LogP contribution in [-0.4, -0.2) is 15.0 Å². The van der Waals surface area contributed by atoms with E-state index >= 15 is 0 Å². The highest BCUT2D eigenvalue weighted by Gasteiger charge is 2.70. The molecule has 3 atom stereocenters. The van der Waals surface area contributed by atoms with E-state index in [1.54, 1.807) is 0 Å². The van der Waals surface area contributed by atoms with E-state index in [4.69, 9.17) is 15.0 Å². The Balaban J connectivity index is 1.48. The fourth-order valence-electron chi connectivity index (χ4n) is 7.18. The summed E-state index contributed by atoms with van der Waals surface area (Å²) in [5.41, 5.74) is 6.19. The van der Waals surface area contributed by atoms with E-state index in [1.807, 2.05) is 6.20 Å². The van der Waals surface area contributed by atoms with Gasteiger partial charge in [-0.1, -0.05) is 77.1 Å². The summed E-state index contributed by atoms with van der Waals surface area (Å²) >= 11 is 0. The van der Waals surface area contributed by atoms with Crippen LogP contribution in [-0.2, 0) is 10.8 Å². The topological polar surface area (TPSA) is 38.7 Å². The van der Waals surface area contributed by atoms with Crippen molar-refractivity contribution >= 4 is 10.8 Å². The molecule has 1 fully saturated rings. The van der Waals surface area contributed by atoms with Crippen LogP contribution < -0.4 is 0 Å². The lowest BCUT2D eigenvalue weighted by atomic mass is 9.57. The van der Waals surface area contributed by atoms with Gasteiger partial charge < -0.3 is 0 Å². The van der Waals surface area contributed by atoms with Crippen molar-refractivity contribution in [2.75, 3.05) is 0 Å². The fourth-order valence-corrected chi connectivity index (χ4v) is 7.18. The number of benzene rings is 2. The Labute approximate surface area is 196 Å². The van der Waals surface area contributed by atoms with Gasteiger partial charge >= 0.3 is 0 Å². The van der Waals surface area contributed by atoms with E-state index in [0.29, 0.717) is 5.92 Å². The first kappa shape index (κ1) is 20.5. The van der Waals surface area contributed by atoms with Crippen LogP contribution in [0.1, 0.15) is 58.7 Å². The summed E-state index contributed by atoms with van der Waals surface area (Å²) < 4.78 is 0. The summed E-state index contributed by atoms with van der Waals surface area (Å²) in [6, 6.07) is 19.0. The van der Waals surface area contributed by atoms with Crippen LogP contribution in [0.5, 0.6) is 0 Å². The molecule has 2 aliphatic carbocycles. The molecule has 1 saturated carbocycles. The average Bonchev–Trinajstić information content (AvgIpc) is 3.15. The van der Waals surface area contributed by atoms with Gasteiger partial charge in [-0.3, -0.25) is 4.98 Å². The van der Waals surface area contributed by atoms with Crippen molar-refractivity contribution in [1.29, 1.82) is 0 Å². The molecule has 3 nitrogen and oxygen atoms in total. The van der Waals surface area contributed by atoms with Crippen LogP contribution >= 0.6 is 0 Å². The minimum Gasteiger partial charge on any atom is -0.256 e. The zero-order valence-electron chi connectivity index (χ0n) is 20.2. The molecule has 0 saturated heterocycles. The van der Waals surface area contributed by atoms with Gasteiger partial charge in [0.15, 0.2) is 5.82 Å². The van der Waals surface area contributed by atoms with Crippen molar-refractivity contribution in [3.05, 3.63) is 78.2 Å². The van der Waals surface area contributed by atoms with Crippen LogP contribution in [0.25, 0.3) is 33.4 Å². The molecule has 0 aliphatic heterocycles. The molecule has 2 heterocycles. The fraction of sp³-hybridized carbons (Fsp3) is 0.367. The van der Waals surface area contributed by atoms with Gasteiger partial charge in [0.05, 0.1) is 11.4 Å². The Morgan fingerprint density at radius 1 is 0.818 bits per heavy atom. The lowest BCUT2D eigenvalue weighted by Crippen LogP contribution is -2.45. The van der Waals surface area contributed by atoms with Gasteiger partial charge in [0.1, 0.15) is 0 Å². The number of rotatable bonds is 3. The maximum absolute atomic E-state index is 5.27. The molecule has 2 bridgehead atoms. The third-order valence-corrected chi connectivity index (χ3v) is 9.55. The van der Waals surface area contributed by atoms with E-state index in [2.05, 4.69) is 95.4 Å². The average molecular weight is 434 g/mol. The third kappa shape index (κ3) is 2.48. The van der Waals surface area contributed by atoms with Gasteiger partial charge in [-0.15, -0.1) is 0 Å². The third-order valence-electron chi connectivity index (χ3n) is 9.55. The standard InChI is InChI=1S/C30H31N3/c1-19(2)30(5)28(3)14-15-29(30,4)26-24(28)18-32-27(33-26)22-11-8-10-21(17-22)25-23-12-7-6-9-20(23)13-16-31-25/h6-13,16-19H,14-15H2,1-5H3. The summed E-state index contributed by atoms with van der Waals surface area (Å²) in [5, 5.41) is 2.37. The second-order valence-electron chi connectivity index (χ2n) is 10.9. The molecule has 2 aromatic carbocycles. The maximum atomic E-state index is 5.27. The van der Waals surface area contributed by atoms with Crippen molar-refractivity contribution in [3.63, 3.8) is 0 Å². The van der Waals surface area contributed by atoms with E-state index in [1.165, 1.54) is 29.5 Å². The highest BCUT2D eigenvalue weighted by atomic mass is 14.9. The SMILES string of the molecule is CC(C)C1(C)C2(C)CCC1(C)c1nc(-c3cccc(-c4nccc5ccccc45)c3)ncc12. The van der Waals surface area contributed by atoms with Crippen molar-refractivity contribution < 1.29 is 0 Å². The number of aromatic nitrogens is 3. The molecular formula is C30H31N3. The van der Waals surface area contributed by atoms with E-state index < -0.39 is 0 Å². The first-order valence-electron chi connectivity index (χ1n) is 12.1. The minimum absolute atomic E-state index is 0.0811. The molecule has 0 amide bonds. The van der Waals surface area contributed by atoms with E-state index in [-0.39, 0.29) is 16.2 Å². The maximum Gasteiger partial charge on any atom is 0.159 e.